The van der Waals surface area contributed by atoms with Gasteiger partial charge in [0.25, 0.3) is 0 Å². The van der Waals surface area contributed by atoms with Gasteiger partial charge in [-0.25, -0.2) is 4.98 Å². The van der Waals surface area contributed by atoms with E-state index in [1.807, 2.05) is 12.3 Å². The number of nitrogens with zero attached hydrogens (tertiary/aromatic N) is 3. The first-order valence-corrected chi connectivity index (χ1v) is 7.89. The number of ether oxygens (including phenoxy) is 1. The van der Waals surface area contributed by atoms with Crippen LogP contribution in [0.15, 0.2) is 23.3 Å². The van der Waals surface area contributed by atoms with Crippen LogP contribution in [0.25, 0.3) is 0 Å². The van der Waals surface area contributed by atoms with Crippen molar-refractivity contribution in [2.45, 2.75) is 32.4 Å². The Morgan fingerprint density at radius 1 is 1.45 bits per heavy atom. The number of rotatable bonds is 6. The fraction of sp³-hybridized carbons (Fsp3) is 0.625. The fourth-order valence-corrected chi connectivity index (χ4v) is 2.60. The molecule has 0 amide bonds. The van der Waals surface area contributed by atoms with Crippen LogP contribution in [-0.4, -0.2) is 50.8 Å². The molecule has 0 aliphatic carbocycles. The van der Waals surface area contributed by atoms with Crippen LogP contribution >= 0.6 is 0 Å². The van der Waals surface area contributed by atoms with E-state index in [0.717, 1.165) is 31.4 Å². The Bertz CT molecular complexity index is 485. The molecule has 0 radical (unpaired) electrons. The topological polar surface area (TPSA) is 61.8 Å². The SMILES string of the molecule is CN=C(NCc1ccnc(N2CCCC2)c1)NC(C)COC. The van der Waals surface area contributed by atoms with Crippen LogP contribution in [0, 0.1) is 0 Å². The second kappa shape index (κ2) is 8.58. The molecule has 122 valence electrons. The monoisotopic (exact) mass is 305 g/mol. The Morgan fingerprint density at radius 3 is 2.91 bits per heavy atom. The molecule has 0 aromatic carbocycles. The molecule has 1 aliphatic heterocycles. The van der Waals surface area contributed by atoms with E-state index in [-0.39, 0.29) is 6.04 Å². The minimum absolute atomic E-state index is 0.216. The molecule has 22 heavy (non-hydrogen) atoms. The smallest absolute Gasteiger partial charge is 0.191 e. The minimum Gasteiger partial charge on any atom is -0.383 e. The normalized spacial score (nSPS) is 16.7. The summed E-state index contributed by atoms with van der Waals surface area (Å²) in [5, 5.41) is 6.63. The van der Waals surface area contributed by atoms with E-state index in [9.17, 15) is 0 Å². The van der Waals surface area contributed by atoms with E-state index < -0.39 is 0 Å². The number of pyridine rings is 1. The second-order valence-corrected chi connectivity index (χ2v) is 5.64. The number of hydrogen-bond acceptors (Lipinski definition) is 4. The Hall–Kier alpha value is -1.82. The quantitative estimate of drug-likeness (QED) is 0.614. The van der Waals surface area contributed by atoms with Gasteiger partial charge in [-0.05, 0) is 37.5 Å². The van der Waals surface area contributed by atoms with Crippen LogP contribution in [0.5, 0.6) is 0 Å². The number of nitrogens with one attached hydrogen (secondary N) is 2. The summed E-state index contributed by atoms with van der Waals surface area (Å²) in [4.78, 5) is 11.1. The van der Waals surface area contributed by atoms with Crippen LogP contribution < -0.4 is 15.5 Å². The number of hydrogen-bond donors (Lipinski definition) is 2. The van der Waals surface area contributed by atoms with Crippen molar-refractivity contribution >= 4 is 11.8 Å². The van der Waals surface area contributed by atoms with Gasteiger partial charge in [-0.2, -0.15) is 0 Å². The van der Waals surface area contributed by atoms with E-state index in [1.165, 1.54) is 18.4 Å². The summed E-state index contributed by atoms with van der Waals surface area (Å²) < 4.78 is 5.13. The lowest BCUT2D eigenvalue weighted by atomic mass is 10.2. The minimum atomic E-state index is 0.216. The van der Waals surface area contributed by atoms with Crippen molar-refractivity contribution in [2.24, 2.45) is 4.99 Å². The van der Waals surface area contributed by atoms with Crippen LogP contribution in [0.3, 0.4) is 0 Å². The predicted octanol–water partition coefficient (Wildman–Crippen LogP) is 1.38. The van der Waals surface area contributed by atoms with Crippen LogP contribution in [0.2, 0.25) is 0 Å². The van der Waals surface area contributed by atoms with Crippen molar-refractivity contribution in [3.05, 3.63) is 23.9 Å². The highest BCUT2D eigenvalue weighted by molar-refractivity contribution is 5.79. The van der Waals surface area contributed by atoms with Gasteiger partial charge in [-0.15, -0.1) is 0 Å². The summed E-state index contributed by atoms with van der Waals surface area (Å²) in [6, 6.07) is 4.41. The van der Waals surface area contributed by atoms with Crippen molar-refractivity contribution in [2.75, 3.05) is 38.8 Å². The van der Waals surface area contributed by atoms with Gasteiger partial charge in [0.05, 0.1) is 6.61 Å². The zero-order valence-corrected chi connectivity index (χ0v) is 13.8. The van der Waals surface area contributed by atoms with Crippen molar-refractivity contribution in [1.82, 2.24) is 15.6 Å². The highest BCUT2D eigenvalue weighted by Gasteiger charge is 2.13. The number of guanidine groups is 1. The molecule has 1 fully saturated rings. The van der Waals surface area contributed by atoms with Gasteiger partial charge in [-0.3, -0.25) is 4.99 Å². The molecular formula is C16H27N5O. The average molecular weight is 305 g/mol. The summed E-state index contributed by atoms with van der Waals surface area (Å²) in [5.74, 6) is 1.86. The van der Waals surface area contributed by atoms with Crippen molar-refractivity contribution in [3.63, 3.8) is 0 Å². The molecule has 2 heterocycles. The van der Waals surface area contributed by atoms with Crippen molar-refractivity contribution in [1.29, 1.82) is 0 Å². The van der Waals surface area contributed by atoms with Crippen LogP contribution in [0.4, 0.5) is 5.82 Å². The molecule has 1 saturated heterocycles. The summed E-state index contributed by atoms with van der Waals surface area (Å²) in [6.07, 6.45) is 4.41. The summed E-state index contributed by atoms with van der Waals surface area (Å²) in [5.41, 5.74) is 1.21. The van der Waals surface area contributed by atoms with Gasteiger partial charge in [0.2, 0.25) is 0 Å². The molecule has 6 heteroatoms. The third-order valence-corrected chi connectivity index (χ3v) is 3.72. The van der Waals surface area contributed by atoms with Crippen LogP contribution in [-0.2, 0) is 11.3 Å². The third-order valence-electron chi connectivity index (χ3n) is 3.72. The third kappa shape index (κ3) is 4.87. The summed E-state index contributed by atoms with van der Waals surface area (Å²) in [7, 11) is 3.47. The number of aromatic nitrogens is 1. The average Bonchev–Trinajstić information content (AvgIpc) is 3.06. The second-order valence-electron chi connectivity index (χ2n) is 5.64. The van der Waals surface area contributed by atoms with E-state index in [1.54, 1.807) is 14.2 Å². The Kier molecular flexibility index (Phi) is 6.45. The van der Waals surface area contributed by atoms with E-state index in [4.69, 9.17) is 4.74 Å². The standard InChI is InChI=1S/C16H27N5O/c1-13(12-22-3)20-16(17-2)19-11-14-6-7-18-15(10-14)21-8-4-5-9-21/h6-7,10,13H,4-5,8-9,11-12H2,1-3H3,(H2,17,19,20). The molecule has 1 aromatic heterocycles. The molecular weight excluding hydrogens is 278 g/mol. The largest absolute Gasteiger partial charge is 0.383 e. The van der Waals surface area contributed by atoms with Gasteiger partial charge in [0.15, 0.2) is 5.96 Å². The first-order valence-electron chi connectivity index (χ1n) is 7.89. The van der Waals surface area contributed by atoms with Gasteiger partial charge in [-0.1, -0.05) is 0 Å². The maximum atomic E-state index is 5.13. The summed E-state index contributed by atoms with van der Waals surface area (Å²) >= 11 is 0. The molecule has 2 rings (SSSR count). The molecule has 1 unspecified atom stereocenters. The summed E-state index contributed by atoms with van der Waals surface area (Å²) in [6.45, 7) is 5.66. The maximum absolute atomic E-state index is 5.13. The molecule has 1 atom stereocenters. The Morgan fingerprint density at radius 2 is 2.23 bits per heavy atom. The number of aliphatic imine (C=N–C) groups is 1. The van der Waals surface area contributed by atoms with E-state index in [2.05, 4.69) is 38.5 Å². The zero-order chi connectivity index (χ0) is 15.8. The fourth-order valence-electron chi connectivity index (χ4n) is 2.60. The molecule has 1 aromatic rings. The molecule has 1 aliphatic rings. The van der Waals surface area contributed by atoms with E-state index in [0.29, 0.717) is 6.61 Å². The van der Waals surface area contributed by atoms with E-state index >= 15 is 0 Å². The zero-order valence-electron chi connectivity index (χ0n) is 13.8. The molecule has 2 N–H and O–H groups in total. The Balaban J connectivity index is 1.88. The lowest BCUT2D eigenvalue weighted by Crippen LogP contribution is -2.43. The molecule has 0 saturated carbocycles. The number of anilines is 1. The molecule has 6 nitrogen and oxygen atoms in total. The first-order chi connectivity index (χ1) is 10.7. The highest BCUT2D eigenvalue weighted by atomic mass is 16.5. The van der Waals surface area contributed by atoms with Gasteiger partial charge in [0, 0.05) is 46.0 Å². The van der Waals surface area contributed by atoms with Crippen LogP contribution in [0.1, 0.15) is 25.3 Å². The highest BCUT2D eigenvalue weighted by Crippen LogP contribution is 2.18. The van der Waals surface area contributed by atoms with Gasteiger partial charge in [0.1, 0.15) is 5.82 Å². The first kappa shape index (κ1) is 16.5. The maximum Gasteiger partial charge on any atom is 0.191 e. The van der Waals surface area contributed by atoms with Crippen molar-refractivity contribution in [3.8, 4) is 0 Å². The molecule has 0 spiro atoms. The predicted molar refractivity (Wildman–Crippen MR) is 90.4 cm³/mol. The van der Waals surface area contributed by atoms with Gasteiger partial charge >= 0.3 is 0 Å². The molecule has 0 bridgehead atoms. The van der Waals surface area contributed by atoms with Gasteiger partial charge < -0.3 is 20.3 Å². The Labute approximate surface area is 133 Å². The lowest BCUT2D eigenvalue weighted by Gasteiger charge is -2.19. The van der Waals surface area contributed by atoms with Crippen molar-refractivity contribution < 1.29 is 4.74 Å². The number of methoxy groups -OCH3 is 1. The lowest BCUT2D eigenvalue weighted by molar-refractivity contribution is 0.179.